The number of nitrogens with zero attached hydrogens (tertiary/aromatic N) is 4. The summed E-state index contributed by atoms with van der Waals surface area (Å²) in [6.45, 7) is 3.53. The van der Waals surface area contributed by atoms with Gasteiger partial charge in [-0.1, -0.05) is 0 Å². The van der Waals surface area contributed by atoms with Crippen LogP contribution in [0.1, 0.15) is 47.9 Å². The summed E-state index contributed by atoms with van der Waals surface area (Å²) in [5, 5.41) is 3.20. The van der Waals surface area contributed by atoms with E-state index >= 15 is 0 Å². The molecule has 1 saturated heterocycles. The number of carbonyl (C=O) groups is 1. The minimum atomic E-state index is 0.173. The van der Waals surface area contributed by atoms with Crippen molar-refractivity contribution in [1.29, 1.82) is 0 Å². The van der Waals surface area contributed by atoms with Gasteiger partial charge in [-0.2, -0.15) is 4.37 Å². The summed E-state index contributed by atoms with van der Waals surface area (Å²) < 4.78 is 4.51. The molecule has 0 atom stereocenters. The number of anilines is 1. The van der Waals surface area contributed by atoms with Gasteiger partial charge in [-0.05, 0) is 49.1 Å². The second-order valence-corrected chi connectivity index (χ2v) is 9.08. The van der Waals surface area contributed by atoms with Crippen LogP contribution < -0.4 is 4.90 Å². The lowest BCUT2D eigenvalue weighted by atomic mass is 9.94. The Morgan fingerprint density at radius 3 is 2.80 bits per heavy atom. The Bertz CT molecular complexity index is 774. The first kappa shape index (κ1) is 15.8. The van der Waals surface area contributed by atoms with Gasteiger partial charge >= 0.3 is 0 Å². The number of piperidine rings is 1. The van der Waals surface area contributed by atoms with Crippen molar-refractivity contribution >= 4 is 33.9 Å². The Morgan fingerprint density at radius 2 is 2.00 bits per heavy atom. The molecule has 0 N–H and O–H groups in total. The van der Waals surface area contributed by atoms with Crippen LogP contribution >= 0.6 is 22.9 Å². The lowest BCUT2D eigenvalue weighted by Crippen LogP contribution is -2.44. The van der Waals surface area contributed by atoms with Crippen LogP contribution in [-0.2, 0) is 17.8 Å². The first-order chi connectivity index (χ1) is 12.3. The molecule has 4 heterocycles. The summed E-state index contributed by atoms with van der Waals surface area (Å²) in [4.78, 5) is 23.5. The molecule has 5 rings (SSSR count). The van der Waals surface area contributed by atoms with E-state index in [1.165, 1.54) is 34.8 Å². The third kappa shape index (κ3) is 3.08. The molecule has 0 spiro atoms. The second kappa shape index (κ2) is 6.36. The van der Waals surface area contributed by atoms with E-state index in [0.29, 0.717) is 11.8 Å². The average Bonchev–Trinajstić information content (AvgIpc) is 3.20. The highest BCUT2D eigenvalue weighted by Crippen LogP contribution is 2.40. The molecule has 3 aliphatic rings. The molecule has 0 bridgehead atoms. The highest BCUT2D eigenvalue weighted by atomic mass is 32.1. The largest absolute Gasteiger partial charge is 0.347 e. The molecular formula is C18H22N4OS2. The standard InChI is InChI=1S/C18H22N4OS2/c23-17(22-9-5-15-14(11-22)6-10-24-15)13-3-7-21(8-4-13)18-19-16(20-25-18)12-1-2-12/h6,10,12-13H,1-5,7-9,11H2. The predicted octanol–water partition coefficient (Wildman–Crippen LogP) is 3.28. The summed E-state index contributed by atoms with van der Waals surface area (Å²) in [7, 11) is 0. The van der Waals surface area contributed by atoms with Crippen LogP contribution in [0.3, 0.4) is 0 Å². The molecule has 0 aromatic carbocycles. The van der Waals surface area contributed by atoms with Crippen molar-refractivity contribution in [3.8, 4) is 0 Å². The van der Waals surface area contributed by atoms with E-state index in [9.17, 15) is 4.79 Å². The molecule has 2 aromatic rings. The number of rotatable bonds is 3. The third-order valence-electron chi connectivity index (χ3n) is 5.61. The Balaban J connectivity index is 1.19. The summed E-state index contributed by atoms with van der Waals surface area (Å²) in [5.74, 6) is 2.18. The number of aromatic nitrogens is 2. The van der Waals surface area contributed by atoms with Gasteiger partial charge in [-0.15, -0.1) is 11.3 Å². The molecule has 2 aromatic heterocycles. The molecule has 5 nitrogen and oxygen atoms in total. The van der Waals surface area contributed by atoms with Gasteiger partial charge in [0.05, 0.1) is 0 Å². The first-order valence-corrected chi connectivity index (χ1v) is 10.9. The van der Waals surface area contributed by atoms with Crippen LogP contribution in [0.15, 0.2) is 11.4 Å². The molecule has 132 valence electrons. The van der Waals surface area contributed by atoms with E-state index in [2.05, 4.69) is 25.6 Å². The maximum Gasteiger partial charge on any atom is 0.226 e. The second-order valence-electron chi connectivity index (χ2n) is 7.35. The van der Waals surface area contributed by atoms with E-state index in [0.717, 1.165) is 56.4 Å². The molecule has 7 heteroatoms. The SMILES string of the molecule is O=C(C1CCN(c2nc(C3CC3)ns2)CC1)N1CCc2sccc2C1. The monoisotopic (exact) mass is 374 g/mol. The summed E-state index contributed by atoms with van der Waals surface area (Å²) in [6.07, 6.45) is 5.38. The predicted molar refractivity (Wildman–Crippen MR) is 100 cm³/mol. The molecule has 0 unspecified atom stereocenters. The molecule has 2 fully saturated rings. The Labute approximate surface area is 155 Å². The summed E-state index contributed by atoms with van der Waals surface area (Å²) in [5.41, 5.74) is 1.35. The lowest BCUT2D eigenvalue weighted by molar-refractivity contribution is -0.137. The fraction of sp³-hybridized carbons (Fsp3) is 0.611. The van der Waals surface area contributed by atoms with Crippen LogP contribution in [0.2, 0.25) is 0 Å². The van der Waals surface area contributed by atoms with Gasteiger partial charge in [0.2, 0.25) is 11.0 Å². The molecule has 25 heavy (non-hydrogen) atoms. The number of hydrogen-bond donors (Lipinski definition) is 0. The Morgan fingerprint density at radius 1 is 1.16 bits per heavy atom. The van der Waals surface area contributed by atoms with E-state index in [-0.39, 0.29) is 5.92 Å². The Hall–Kier alpha value is -1.47. The van der Waals surface area contributed by atoms with Crippen LogP contribution in [0.4, 0.5) is 5.13 Å². The molecule has 2 aliphatic heterocycles. The zero-order chi connectivity index (χ0) is 16.8. The van der Waals surface area contributed by atoms with E-state index in [4.69, 9.17) is 4.98 Å². The van der Waals surface area contributed by atoms with Crippen molar-refractivity contribution in [3.05, 3.63) is 27.7 Å². The first-order valence-electron chi connectivity index (χ1n) is 9.20. The molecule has 1 saturated carbocycles. The zero-order valence-electron chi connectivity index (χ0n) is 14.2. The molecular weight excluding hydrogens is 352 g/mol. The lowest BCUT2D eigenvalue weighted by Gasteiger charge is -2.35. The van der Waals surface area contributed by atoms with Gasteiger partial charge in [0.1, 0.15) is 5.82 Å². The molecule has 0 radical (unpaired) electrons. The summed E-state index contributed by atoms with van der Waals surface area (Å²) in [6, 6.07) is 2.18. The van der Waals surface area contributed by atoms with Gasteiger partial charge in [-0.3, -0.25) is 4.79 Å². The Kier molecular flexibility index (Phi) is 4.01. The van der Waals surface area contributed by atoms with Crippen molar-refractivity contribution in [2.75, 3.05) is 24.5 Å². The van der Waals surface area contributed by atoms with Crippen LogP contribution in [-0.4, -0.2) is 39.8 Å². The van der Waals surface area contributed by atoms with Crippen LogP contribution in [0.5, 0.6) is 0 Å². The maximum atomic E-state index is 12.9. The number of thiophene rings is 1. The number of carbonyl (C=O) groups excluding carboxylic acids is 1. The zero-order valence-corrected chi connectivity index (χ0v) is 15.8. The topological polar surface area (TPSA) is 49.3 Å². The van der Waals surface area contributed by atoms with E-state index in [1.807, 2.05) is 11.3 Å². The average molecular weight is 375 g/mol. The number of fused-ring (bicyclic) bond motifs is 1. The number of amides is 1. The summed E-state index contributed by atoms with van der Waals surface area (Å²) >= 11 is 3.35. The van der Waals surface area contributed by atoms with Crippen molar-refractivity contribution in [1.82, 2.24) is 14.3 Å². The van der Waals surface area contributed by atoms with Crippen molar-refractivity contribution in [2.24, 2.45) is 5.92 Å². The van der Waals surface area contributed by atoms with Gasteiger partial charge in [0.25, 0.3) is 0 Å². The quantitative estimate of drug-likeness (QED) is 0.827. The van der Waals surface area contributed by atoms with Crippen LogP contribution in [0.25, 0.3) is 0 Å². The maximum absolute atomic E-state index is 12.9. The van der Waals surface area contributed by atoms with Gasteiger partial charge in [-0.25, -0.2) is 4.98 Å². The minimum absolute atomic E-state index is 0.173. The highest BCUT2D eigenvalue weighted by molar-refractivity contribution is 7.10. The van der Waals surface area contributed by atoms with E-state index in [1.54, 1.807) is 0 Å². The fourth-order valence-corrected chi connectivity index (χ4v) is 5.56. The highest BCUT2D eigenvalue weighted by Gasteiger charge is 2.33. The van der Waals surface area contributed by atoms with Crippen molar-refractivity contribution in [2.45, 2.75) is 44.6 Å². The van der Waals surface area contributed by atoms with E-state index < -0.39 is 0 Å². The minimum Gasteiger partial charge on any atom is -0.347 e. The number of hydrogen-bond acceptors (Lipinski definition) is 6. The van der Waals surface area contributed by atoms with Crippen LogP contribution in [0, 0.1) is 5.92 Å². The normalized spacial score (nSPS) is 21.4. The molecule has 1 aliphatic carbocycles. The smallest absolute Gasteiger partial charge is 0.226 e. The van der Waals surface area contributed by atoms with Crippen molar-refractivity contribution in [3.63, 3.8) is 0 Å². The fourth-order valence-electron chi connectivity index (χ4n) is 3.87. The molecule has 1 amide bonds. The van der Waals surface area contributed by atoms with Gasteiger partial charge in [0, 0.05) is 54.4 Å². The van der Waals surface area contributed by atoms with Crippen molar-refractivity contribution < 1.29 is 4.79 Å². The van der Waals surface area contributed by atoms with Gasteiger partial charge < -0.3 is 9.80 Å². The van der Waals surface area contributed by atoms with Gasteiger partial charge in [0.15, 0.2) is 0 Å². The third-order valence-corrected chi connectivity index (χ3v) is 7.42.